The molecule has 0 bridgehead atoms. The zero-order valence-corrected chi connectivity index (χ0v) is 12.0. The van der Waals surface area contributed by atoms with E-state index in [2.05, 4.69) is 15.5 Å². The highest BCUT2D eigenvalue weighted by atomic mass is 19.4. The number of nitrogens with one attached hydrogen (secondary N) is 2. The normalized spacial score (nSPS) is 22.1. The van der Waals surface area contributed by atoms with Crippen molar-refractivity contribution in [3.63, 3.8) is 0 Å². The number of aromatic nitrogens is 2. The number of alkyl halides is 3. The van der Waals surface area contributed by atoms with Crippen LogP contribution in [0.2, 0.25) is 0 Å². The molecule has 1 saturated carbocycles. The molecule has 1 fully saturated rings. The lowest BCUT2D eigenvalue weighted by Crippen LogP contribution is -2.31. The molecule has 6 heteroatoms. The lowest BCUT2D eigenvalue weighted by Gasteiger charge is -2.24. The summed E-state index contributed by atoms with van der Waals surface area (Å²) in [5.41, 5.74) is 0.847. The van der Waals surface area contributed by atoms with Crippen LogP contribution in [0.4, 0.5) is 13.2 Å². The van der Waals surface area contributed by atoms with E-state index in [1.807, 2.05) is 6.07 Å². The Morgan fingerprint density at radius 1 is 1.18 bits per heavy atom. The molecule has 3 nitrogen and oxygen atoms in total. The maximum Gasteiger partial charge on any atom is 0.416 e. The first-order valence-corrected chi connectivity index (χ1v) is 7.43. The molecular formula is C16H18F3N3. The Bertz CT molecular complexity index is 607. The second-order valence-corrected chi connectivity index (χ2v) is 5.69. The molecule has 2 aromatic rings. The van der Waals surface area contributed by atoms with Gasteiger partial charge in [-0.3, -0.25) is 5.10 Å². The van der Waals surface area contributed by atoms with E-state index in [-0.39, 0.29) is 12.0 Å². The Labute approximate surface area is 126 Å². The second-order valence-electron chi connectivity index (χ2n) is 5.69. The third kappa shape index (κ3) is 3.16. The first kappa shape index (κ1) is 15.1. The fourth-order valence-electron chi connectivity index (χ4n) is 3.28. The third-order valence-corrected chi connectivity index (χ3v) is 4.29. The molecule has 1 aromatic carbocycles. The molecule has 22 heavy (non-hydrogen) atoms. The summed E-state index contributed by atoms with van der Waals surface area (Å²) in [5, 5.41) is 10.1. The third-order valence-electron chi connectivity index (χ3n) is 4.29. The van der Waals surface area contributed by atoms with Gasteiger partial charge in [0, 0.05) is 24.5 Å². The second kappa shape index (κ2) is 6.12. The van der Waals surface area contributed by atoms with Crippen LogP contribution in [-0.4, -0.2) is 16.2 Å². The van der Waals surface area contributed by atoms with E-state index >= 15 is 0 Å². The quantitative estimate of drug-likeness (QED) is 0.900. The van der Waals surface area contributed by atoms with Gasteiger partial charge in [-0.15, -0.1) is 0 Å². The van der Waals surface area contributed by atoms with Crippen LogP contribution < -0.4 is 5.32 Å². The van der Waals surface area contributed by atoms with E-state index in [0.29, 0.717) is 12.1 Å². The number of hydrogen-bond donors (Lipinski definition) is 2. The van der Waals surface area contributed by atoms with E-state index in [9.17, 15) is 13.2 Å². The van der Waals surface area contributed by atoms with Crippen LogP contribution in [0.3, 0.4) is 0 Å². The summed E-state index contributed by atoms with van der Waals surface area (Å²) in [6.45, 7) is 0.593. The molecule has 2 atom stereocenters. The van der Waals surface area contributed by atoms with Gasteiger partial charge in [-0.25, -0.2) is 0 Å². The van der Waals surface area contributed by atoms with Crippen LogP contribution in [0.15, 0.2) is 36.5 Å². The minimum atomic E-state index is -4.30. The molecule has 3 rings (SSSR count). The van der Waals surface area contributed by atoms with Crippen molar-refractivity contribution in [3.05, 3.63) is 53.3 Å². The SMILES string of the molecule is FC(F)(F)c1ccccc1C1CCCC1NCc1ccn[nH]1. The molecule has 118 valence electrons. The number of halogens is 3. The monoisotopic (exact) mass is 309 g/mol. The van der Waals surface area contributed by atoms with Gasteiger partial charge in [0.25, 0.3) is 0 Å². The van der Waals surface area contributed by atoms with Crippen molar-refractivity contribution in [2.75, 3.05) is 0 Å². The average molecular weight is 309 g/mol. The van der Waals surface area contributed by atoms with Gasteiger partial charge >= 0.3 is 6.18 Å². The van der Waals surface area contributed by atoms with Gasteiger partial charge in [0.1, 0.15) is 0 Å². The maximum atomic E-state index is 13.2. The van der Waals surface area contributed by atoms with Gasteiger partial charge in [-0.2, -0.15) is 18.3 Å². The predicted octanol–water partition coefficient (Wildman–Crippen LogP) is 3.85. The van der Waals surface area contributed by atoms with Gasteiger partial charge in [-0.1, -0.05) is 24.6 Å². The topological polar surface area (TPSA) is 40.7 Å². The predicted molar refractivity (Wildman–Crippen MR) is 77.3 cm³/mol. The van der Waals surface area contributed by atoms with Crippen molar-refractivity contribution in [2.45, 2.75) is 43.9 Å². The van der Waals surface area contributed by atoms with Crippen LogP contribution in [-0.2, 0) is 12.7 Å². The first-order chi connectivity index (χ1) is 10.6. The number of rotatable bonds is 4. The Kier molecular flexibility index (Phi) is 4.20. The summed E-state index contributed by atoms with van der Waals surface area (Å²) in [4.78, 5) is 0. The fourth-order valence-corrected chi connectivity index (χ4v) is 3.28. The molecule has 1 aliphatic carbocycles. The number of aromatic amines is 1. The Hall–Kier alpha value is -1.82. The molecule has 0 amide bonds. The van der Waals surface area contributed by atoms with Crippen LogP contribution in [0, 0.1) is 0 Å². The van der Waals surface area contributed by atoms with Gasteiger partial charge in [0.2, 0.25) is 0 Å². The average Bonchev–Trinajstić information content (AvgIpc) is 3.15. The molecule has 1 aliphatic rings. The zero-order chi connectivity index (χ0) is 15.6. The number of H-pyrrole nitrogens is 1. The standard InChI is InChI=1S/C16H18F3N3/c17-16(18,19)14-6-2-1-4-12(14)13-5-3-7-15(13)20-10-11-8-9-21-22-11/h1-2,4,6,8-9,13,15,20H,3,5,7,10H2,(H,21,22). The van der Waals surface area contributed by atoms with E-state index in [4.69, 9.17) is 0 Å². The summed E-state index contributed by atoms with van der Waals surface area (Å²) in [7, 11) is 0. The summed E-state index contributed by atoms with van der Waals surface area (Å²) in [6, 6.07) is 7.86. The van der Waals surface area contributed by atoms with Crippen molar-refractivity contribution in [1.82, 2.24) is 15.5 Å². The molecule has 0 radical (unpaired) electrons. The molecule has 1 heterocycles. The van der Waals surface area contributed by atoms with Gasteiger partial charge < -0.3 is 5.32 Å². The Morgan fingerprint density at radius 2 is 2.00 bits per heavy atom. The highest BCUT2D eigenvalue weighted by Crippen LogP contribution is 2.41. The van der Waals surface area contributed by atoms with Crippen LogP contribution in [0.25, 0.3) is 0 Å². The number of hydrogen-bond acceptors (Lipinski definition) is 2. The molecule has 2 N–H and O–H groups in total. The van der Waals surface area contributed by atoms with Crippen molar-refractivity contribution < 1.29 is 13.2 Å². The summed E-state index contributed by atoms with van der Waals surface area (Å²) < 4.78 is 39.6. The molecular weight excluding hydrogens is 291 g/mol. The smallest absolute Gasteiger partial charge is 0.308 e. The van der Waals surface area contributed by atoms with Crippen molar-refractivity contribution >= 4 is 0 Å². The summed E-state index contributed by atoms with van der Waals surface area (Å²) in [6.07, 6.45) is -0.00849. The van der Waals surface area contributed by atoms with E-state index in [1.54, 1.807) is 18.3 Å². The Morgan fingerprint density at radius 3 is 2.73 bits per heavy atom. The lowest BCUT2D eigenvalue weighted by atomic mass is 9.89. The maximum absolute atomic E-state index is 13.2. The summed E-state index contributed by atoms with van der Waals surface area (Å²) in [5.74, 6) is -0.0965. The van der Waals surface area contributed by atoms with Crippen molar-refractivity contribution in [3.8, 4) is 0 Å². The first-order valence-electron chi connectivity index (χ1n) is 7.43. The number of nitrogens with zero attached hydrogens (tertiary/aromatic N) is 1. The minimum Gasteiger partial charge on any atom is -0.308 e. The van der Waals surface area contributed by atoms with Gasteiger partial charge in [0.15, 0.2) is 0 Å². The zero-order valence-electron chi connectivity index (χ0n) is 12.0. The Balaban J connectivity index is 1.78. The van der Waals surface area contributed by atoms with E-state index in [0.717, 1.165) is 25.0 Å². The van der Waals surface area contributed by atoms with Crippen LogP contribution in [0.5, 0.6) is 0 Å². The minimum absolute atomic E-state index is 0.0619. The molecule has 1 aromatic heterocycles. The highest BCUT2D eigenvalue weighted by molar-refractivity contribution is 5.34. The highest BCUT2D eigenvalue weighted by Gasteiger charge is 2.38. The van der Waals surface area contributed by atoms with Gasteiger partial charge in [0.05, 0.1) is 5.56 Å². The molecule has 0 saturated heterocycles. The largest absolute Gasteiger partial charge is 0.416 e. The molecule has 0 aliphatic heterocycles. The molecule has 0 spiro atoms. The van der Waals surface area contributed by atoms with Gasteiger partial charge in [-0.05, 0) is 36.5 Å². The van der Waals surface area contributed by atoms with Crippen LogP contribution in [0.1, 0.15) is 42.0 Å². The summed E-state index contributed by atoms with van der Waals surface area (Å²) >= 11 is 0. The fraction of sp³-hybridized carbons (Fsp3) is 0.438. The van der Waals surface area contributed by atoms with Crippen LogP contribution >= 0.6 is 0 Å². The molecule has 2 unspecified atom stereocenters. The van der Waals surface area contributed by atoms with E-state index in [1.165, 1.54) is 12.1 Å². The number of benzene rings is 1. The lowest BCUT2D eigenvalue weighted by molar-refractivity contribution is -0.138. The van der Waals surface area contributed by atoms with Crippen molar-refractivity contribution in [1.29, 1.82) is 0 Å². The van der Waals surface area contributed by atoms with E-state index < -0.39 is 11.7 Å². The van der Waals surface area contributed by atoms with Crippen molar-refractivity contribution in [2.24, 2.45) is 0 Å².